The Morgan fingerprint density at radius 2 is 1.60 bits per heavy atom. The Kier molecular flexibility index (Phi) is 6.92. The summed E-state index contributed by atoms with van der Waals surface area (Å²) in [4.78, 5) is 13.1. The Balaban J connectivity index is 1.88. The van der Waals surface area contributed by atoms with Gasteiger partial charge >= 0.3 is 0 Å². The van der Waals surface area contributed by atoms with Crippen LogP contribution in [0.15, 0.2) is 77.7 Å². The Hall–Kier alpha value is -2.67. The molecule has 5 nitrogen and oxygen atoms in total. The number of amides is 1. The number of hydrogen-bond acceptors (Lipinski definition) is 3. The van der Waals surface area contributed by atoms with Gasteiger partial charge in [-0.05, 0) is 67.3 Å². The minimum Gasteiger partial charge on any atom is -0.324 e. The van der Waals surface area contributed by atoms with Gasteiger partial charge in [-0.3, -0.25) is 4.79 Å². The van der Waals surface area contributed by atoms with Crippen molar-refractivity contribution in [1.29, 1.82) is 0 Å². The van der Waals surface area contributed by atoms with Crippen molar-refractivity contribution >= 4 is 33.2 Å². The van der Waals surface area contributed by atoms with Crippen LogP contribution in [-0.4, -0.2) is 20.4 Å². The van der Waals surface area contributed by atoms with Crippen LogP contribution in [0.1, 0.15) is 16.7 Å². The smallest absolute Gasteiger partial charge is 0.242 e. The van der Waals surface area contributed by atoms with Crippen molar-refractivity contribution < 1.29 is 13.2 Å². The van der Waals surface area contributed by atoms with Gasteiger partial charge in [-0.25, -0.2) is 8.42 Å². The Bertz CT molecular complexity index is 1130. The molecule has 1 amide bonds. The standard InChI is InChI=1S/C23H23ClN2O3S/c1-16-7-6-10-21(17(16)2)25-23(27)22(15-18-8-4-3-5-9-18)26-30(28,29)20-13-11-19(24)12-14-20/h3-14,22,26H,15H2,1-2H3,(H,25,27)/t22-/m1/s1. The van der Waals surface area contributed by atoms with Gasteiger partial charge in [0.1, 0.15) is 6.04 Å². The predicted molar refractivity (Wildman–Crippen MR) is 120 cm³/mol. The van der Waals surface area contributed by atoms with Crippen molar-refractivity contribution in [2.24, 2.45) is 0 Å². The molecule has 0 spiro atoms. The zero-order valence-electron chi connectivity index (χ0n) is 16.7. The van der Waals surface area contributed by atoms with E-state index in [4.69, 9.17) is 11.6 Å². The number of carbonyl (C=O) groups excluding carboxylic acids is 1. The minimum absolute atomic E-state index is 0.0458. The van der Waals surface area contributed by atoms with Crippen LogP contribution in [-0.2, 0) is 21.2 Å². The molecule has 0 radical (unpaired) electrons. The molecule has 0 bridgehead atoms. The van der Waals surface area contributed by atoms with Crippen LogP contribution in [0.25, 0.3) is 0 Å². The van der Waals surface area contributed by atoms with Gasteiger partial charge in [-0.1, -0.05) is 54.1 Å². The summed E-state index contributed by atoms with van der Waals surface area (Å²) in [5, 5.41) is 3.30. The van der Waals surface area contributed by atoms with Crippen molar-refractivity contribution in [1.82, 2.24) is 4.72 Å². The van der Waals surface area contributed by atoms with Crippen LogP contribution in [0.5, 0.6) is 0 Å². The normalized spacial score (nSPS) is 12.4. The van der Waals surface area contributed by atoms with Crippen LogP contribution >= 0.6 is 11.6 Å². The van der Waals surface area contributed by atoms with E-state index in [0.29, 0.717) is 10.7 Å². The predicted octanol–water partition coefficient (Wildman–Crippen LogP) is 4.49. The second-order valence-corrected chi connectivity index (χ2v) is 9.20. The molecule has 7 heteroatoms. The fraction of sp³-hybridized carbons (Fsp3) is 0.174. The van der Waals surface area contributed by atoms with E-state index in [-0.39, 0.29) is 11.3 Å². The lowest BCUT2D eigenvalue weighted by atomic mass is 10.0. The molecule has 0 heterocycles. The monoisotopic (exact) mass is 442 g/mol. The average molecular weight is 443 g/mol. The van der Waals surface area contributed by atoms with Crippen molar-refractivity contribution in [2.75, 3.05) is 5.32 Å². The summed E-state index contributed by atoms with van der Waals surface area (Å²) in [6, 6.07) is 19.7. The Labute approximate surface area is 182 Å². The van der Waals surface area contributed by atoms with Crippen molar-refractivity contribution in [3.8, 4) is 0 Å². The fourth-order valence-electron chi connectivity index (χ4n) is 3.01. The molecule has 0 unspecified atom stereocenters. The molecule has 0 saturated carbocycles. The first-order chi connectivity index (χ1) is 14.3. The summed E-state index contributed by atoms with van der Waals surface area (Å²) < 4.78 is 28.3. The molecule has 3 rings (SSSR count). The maximum absolute atomic E-state index is 13.1. The molecule has 2 N–H and O–H groups in total. The van der Waals surface area contributed by atoms with Gasteiger partial charge in [0.05, 0.1) is 4.90 Å². The summed E-state index contributed by atoms with van der Waals surface area (Å²) >= 11 is 5.86. The molecule has 3 aromatic carbocycles. The molecule has 0 fully saturated rings. The van der Waals surface area contributed by atoms with E-state index in [1.54, 1.807) is 6.07 Å². The molecule has 0 aliphatic heterocycles. The van der Waals surface area contributed by atoms with Crippen LogP contribution in [0, 0.1) is 13.8 Å². The molecule has 1 atom stereocenters. The molecule has 0 saturated heterocycles. The Morgan fingerprint density at radius 3 is 2.27 bits per heavy atom. The summed E-state index contributed by atoms with van der Waals surface area (Å²) in [6.45, 7) is 3.87. The largest absolute Gasteiger partial charge is 0.324 e. The van der Waals surface area contributed by atoms with Gasteiger partial charge in [-0.15, -0.1) is 0 Å². The van der Waals surface area contributed by atoms with Gasteiger partial charge < -0.3 is 5.32 Å². The van der Waals surface area contributed by atoms with Gasteiger partial charge in [0.2, 0.25) is 15.9 Å². The number of hydrogen-bond donors (Lipinski definition) is 2. The van der Waals surface area contributed by atoms with Gasteiger partial charge in [-0.2, -0.15) is 4.72 Å². The lowest BCUT2D eigenvalue weighted by Crippen LogP contribution is -2.45. The van der Waals surface area contributed by atoms with Gasteiger partial charge in [0.15, 0.2) is 0 Å². The lowest BCUT2D eigenvalue weighted by Gasteiger charge is -2.20. The van der Waals surface area contributed by atoms with Gasteiger partial charge in [0.25, 0.3) is 0 Å². The zero-order valence-corrected chi connectivity index (χ0v) is 18.3. The van der Waals surface area contributed by atoms with E-state index < -0.39 is 22.0 Å². The van der Waals surface area contributed by atoms with Crippen molar-refractivity contribution in [3.63, 3.8) is 0 Å². The average Bonchev–Trinajstić information content (AvgIpc) is 2.72. The van der Waals surface area contributed by atoms with E-state index in [9.17, 15) is 13.2 Å². The number of carbonyl (C=O) groups is 1. The molecule has 0 aromatic heterocycles. The maximum atomic E-state index is 13.1. The van der Waals surface area contributed by atoms with E-state index in [2.05, 4.69) is 10.0 Å². The molecule has 0 aliphatic carbocycles. The molecule has 156 valence electrons. The molecular formula is C23H23ClN2O3S. The van der Waals surface area contributed by atoms with E-state index in [1.165, 1.54) is 24.3 Å². The summed E-state index contributed by atoms with van der Waals surface area (Å²) in [7, 11) is -3.92. The van der Waals surface area contributed by atoms with Crippen molar-refractivity contribution in [2.45, 2.75) is 31.2 Å². The molecular weight excluding hydrogens is 420 g/mol. The van der Waals surface area contributed by atoms with Crippen LogP contribution in [0.4, 0.5) is 5.69 Å². The number of benzene rings is 3. The van der Waals surface area contributed by atoms with E-state index in [0.717, 1.165) is 16.7 Å². The third-order valence-corrected chi connectivity index (χ3v) is 6.62. The number of halogens is 1. The second-order valence-electron chi connectivity index (χ2n) is 7.05. The Morgan fingerprint density at radius 1 is 0.933 bits per heavy atom. The fourth-order valence-corrected chi connectivity index (χ4v) is 4.33. The minimum atomic E-state index is -3.92. The van der Waals surface area contributed by atoms with Crippen molar-refractivity contribution in [3.05, 3.63) is 94.5 Å². The topological polar surface area (TPSA) is 75.3 Å². The first kappa shape index (κ1) is 22.0. The first-order valence-corrected chi connectivity index (χ1v) is 11.3. The van der Waals surface area contributed by atoms with Crippen LogP contribution in [0.2, 0.25) is 5.02 Å². The number of anilines is 1. The van der Waals surface area contributed by atoms with Gasteiger partial charge in [0, 0.05) is 10.7 Å². The summed E-state index contributed by atoms with van der Waals surface area (Å²) in [5.74, 6) is -0.426. The first-order valence-electron chi connectivity index (χ1n) is 9.45. The van der Waals surface area contributed by atoms with E-state index in [1.807, 2.05) is 56.3 Å². The van der Waals surface area contributed by atoms with Crippen LogP contribution < -0.4 is 10.0 Å². The maximum Gasteiger partial charge on any atom is 0.242 e. The quantitative estimate of drug-likeness (QED) is 0.566. The summed E-state index contributed by atoms with van der Waals surface area (Å²) in [6.07, 6.45) is 0.213. The number of aryl methyl sites for hydroxylation is 1. The SMILES string of the molecule is Cc1cccc(NC(=O)[C@@H](Cc2ccccc2)NS(=O)(=O)c2ccc(Cl)cc2)c1C. The molecule has 3 aromatic rings. The molecule has 30 heavy (non-hydrogen) atoms. The highest BCUT2D eigenvalue weighted by atomic mass is 35.5. The molecule has 0 aliphatic rings. The highest BCUT2D eigenvalue weighted by molar-refractivity contribution is 7.89. The zero-order chi connectivity index (χ0) is 21.7. The third-order valence-electron chi connectivity index (χ3n) is 4.88. The number of sulfonamides is 1. The van der Waals surface area contributed by atoms with E-state index >= 15 is 0 Å². The highest BCUT2D eigenvalue weighted by Gasteiger charge is 2.26. The van der Waals surface area contributed by atoms with Crippen LogP contribution in [0.3, 0.4) is 0 Å². The third kappa shape index (κ3) is 5.48. The number of rotatable bonds is 7. The number of nitrogens with one attached hydrogen (secondary N) is 2. The highest BCUT2D eigenvalue weighted by Crippen LogP contribution is 2.20. The summed E-state index contributed by atoms with van der Waals surface area (Å²) in [5.41, 5.74) is 3.47. The lowest BCUT2D eigenvalue weighted by molar-refractivity contribution is -0.117. The second kappa shape index (κ2) is 9.43.